The zero-order chi connectivity index (χ0) is 15.9. The van der Waals surface area contributed by atoms with Gasteiger partial charge in [0.05, 0.1) is 6.26 Å². The molecule has 2 atom stereocenters. The van der Waals surface area contributed by atoms with Gasteiger partial charge in [0, 0.05) is 24.9 Å². The summed E-state index contributed by atoms with van der Waals surface area (Å²) in [6, 6.07) is 0.503. The van der Waals surface area contributed by atoms with Crippen LogP contribution in [-0.2, 0) is 10.0 Å². The Balaban J connectivity index is 2.46. The highest BCUT2D eigenvalue weighted by atomic mass is 32.2. The number of rotatable bonds is 9. The Labute approximate surface area is 135 Å². The SMILES string of the molecule is CCNC(CSCC(C)C)CC1CCCN(S(C)(=O)=O)C1. The summed E-state index contributed by atoms with van der Waals surface area (Å²) in [5, 5.41) is 3.57. The molecule has 2 unspecified atom stereocenters. The Morgan fingerprint density at radius 1 is 1.33 bits per heavy atom. The van der Waals surface area contributed by atoms with Gasteiger partial charge in [-0.1, -0.05) is 20.8 Å². The number of piperidine rings is 1. The molecule has 1 heterocycles. The first-order valence-electron chi connectivity index (χ1n) is 8.09. The van der Waals surface area contributed by atoms with E-state index in [-0.39, 0.29) is 0 Å². The van der Waals surface area contributed by atoms with Crippen LogP contribution in [0.5, 0.6) is 0 Å². The van der Waals surface area contributed by atoms with E-state index >= 15 is 0 Å². The molecule has 1 saturated heterocycles. The molecule has 0 aromatic heterocycles. The Morgan fingerprint density at radius 2 is 2.05 bits per heavy atom. The minimum Gasteiger partial charge on any atom is -0.313 e. The van der Waals surface area contributed by atoms with Crippen LogP contribution in [0.2, 0.25) is 0 Å². The van der Waals surface area contributed by atoms with Crippen LogP contribution in [0, 0.1) is 11.8 Å². The second kappa shape index (κ2) is 9.38. The lowest BCUT2D eigenvalue weighted by molar-refractivity contribution is 0.242. The predicted molar refractivity (Wildman–Crippen MR) is 93.4 cm³/mol. The van der Waals surface area contributed by atoms with Crippen molar-refractivity contribution in [2.24, 2.45) is 11.8 Å². The van der Waals surface area contributed by atoms with Gasteiger partial charge in [0.15, 0.2) is 0 Å². The highest BCUT2D eigenvalue weighted by molar-refractivity contribution is 7.99. The summed E-state index contributed by atoms with van der Waals surface area (Å²) < 4.78 is 25.1. The van der Waals surface area contributed by atoms with Gasteiger partial charge in [0.2, 0.25) is 10.0 Å². The van der Waals surface area contributed by atoms with E-state index in [2.05, 4.69) is 26.1 Å². The van der Waals surface area contributed by atoms with Crippen molar-refractivity contribution in [3.63, 3.8) is 0 Å². The van der Waals surface area contributed by atoms with Crippen LogP contribution in [0.25, 0.3) is 0 Å². The molecule has 0 saturated carbocycles. The summed E-state index contributed by atoms with van der Waals surface area (Å²) in [6.07, 6.45) is 4.57. The molecular weight excluding hydrogens is 304 g/mol. The standard InChI is InChI=1S/C15H32N2O2S2/c1-5-16-15(12-20-11-13(2)3)9-14-7-6-8-17(10-14)21(4,18)19/h13-16H,5-12H2,1-4H3. The van der Waals surface area contributed by atoms with E-state index in [1.54, 1.807) is 4.31 Å². The van der Waals surface area contributed by atoms with Gasteiger partial charge in [-0.3, -0.25) is 0 Å². The van der Waals surface area contributed by atoms with Crippen LogP contribution in [0.3, 0.4) is 0 Å². The molecule has 1 fully saturated rings. The number of sulfonamides is 1. The maximum atomic E-state index is 11.7. The molecule has 6 heteroatoms. The molecule has 1 N–H and O–H groups in total. The number of nitrogens with zero attached hydrogens (tertiary/aromatic N) is 1. The zero-order valence-corrected chi connectivity index (χ0v) is 15.6. The van der Waals surface area contributed by atoms with Crippen molar-refractivity contribution in [1.82, 2.24) is 9.62 Å². The van der Waals surface area contributed by atoms with Crippen LogP contribution in [-0.4, -0.2) is 56.2 Å². The summed E-state index contributed by atoms with van der Waals surface area (Å²) in [4.78, 5) is 0. The Morgan fingerprint density at radius 3 is 2.62 bits per heavy atom. The summed E-state index contributed by atoms with van der Waals surface area (Å²) >= 11 is 2.01. The molecule has 0 amide bonds. The molecule has 1 aliphatic heterocycles. The molecule has 0 bridgehead atoms. The van der Waals surface area contributed by atoms with E-state index in [1.165, 1.54) is 12.0 Å². The first-order valence-corrected chi connectivity index (χ1v) is 11.1. The minimum absolute atomic E-state index is 0.497. The van der Waals surface area contributed by atoms with Gasteiger partial charge in [-0.05, 0) is 43.4 Å². The number of hydrogen-bond donors (Lipinski definition) is 1. The molecule has 126 valence electrons. The van der Waals surface area contributed by atoms with Crippen LogP contribution >= 0.6 is 11.8 Å². The van der Waals surface area contributed by atoms with Crippen LogP contribution < -0.4 is 5.32 Å². The summed E-state index contributed by atoms with van der Waals surface area (Å²) in [5.41, 5.74) is 0. The summed E-state index contributed by atoms with van der Waals surface area (Å²) in [5.74, 6) is 3.55. The average Bonchev–Trinajstić information content (AvgIpc) is 2.38. The maximum absolute atomic E-state index is 11.7. The van der Waals surface area contributed by atoms with Crippen molar-refractivity contribution < 1.29 is 8.42 Å². The van der Waals surface area contributed by atoms with Crippen molar-refractivity contribution in [2.45, 2.75) is 46.1 Å². The lowest BCUT2D eigenvalue weighted by Gasteiger charge is -2.33. The van der Waals surface area contributed by atoms with E-state index in [1.807, 2.05) is 11.8 Å². The van der Waals surface area contributed by atoms with Crippen LogP contribution in [0.1, 0.15) is 40.0 Å². The lowest BCUT2D eigenvalue weighted by atomic mass is 9.93. The van der Waals surface area contributed by atoms with Crippen LogP contribution in [0.15, 0.2) is 0 Å². The number of thioether (sulfide) groups is 1. The van der Waals surface area contributed by atoms with Crippen molar-refractivity contribution in [2.75, 3.05) is 37.4 Å². The Kier molecular flexibility index (Phi) is 8.61. The average molecular weight is 337 g/mol. The second-order valence-electron chi connectivity index (χ2n) is 6.55. The first kappa shape index (κ1) is 19.3. The van der Waals surface area contributed by atoms with Crippen molar-refractivity contribution in [3.05, 3.63) is 0 Å². The smallest absolute Gasteiger partial charge is 0.211 e. The van der Waals surface area contributed by atoms with Gasteiger partial charge < -0.3 is 5.32 Å². The van der Waals surface area contributed by atoms with E-state index in [9.17, 15) is 8.42 Å². The molecular formula is C15H32N2O2S2. The normalized spacial score (nSPS) is 22.6. The highest BCUT2D eigenvalue weighted by Crippen LogP contribution is 2.24. The van der Waals surface area contributed by atoms with E-state index < -0.39 is 10.0 Å². The minimum atomic E-state index is -3.03. The van der Waals surface area contributed by atoms with Crippen molar-refractivity contribution in [3.8, 4) is 0 Å². The molecule has 0 radical (unpaired) electrons. The fourth-order valence-corrected chi connectivity index (χ4v) is 4.96. The van der Waals surface area contributed by atoms with Crippen molar-refractivity contribution >= 4 is 21.8 Å². The molecule has 0 aromatic carbocycles. The number of nitrogens with one attached hydrogen (secondary N) is 1. The fourth-order valence-electron chi connectivity index (χ4n) is 2.87. The van der Waals surface area contributed by atoms with Crippen LogP contribution in [0.4, 0.5) is 0 Å². The molecule has 0 spiro atoms. The molecule has 0 aliphatic carbocycles. The Bertz CT molecular complexity index is 385. The second-order valence-corrected chi connectivity index (χ2v) is 9.61. The van der Waals surface area contributed by atoms with Gasteiger partial charge in [-0.25, -0.2) is 12.7 Å². The number of hydrogen-bond acceptors (Lipinski definition) is 4. The van der Waals surface area contributed by atoms with E-state index in [0.29, 0.717) is 25.0 Å². The first-order chi connectivity index (χ1) is 9.82. The third-order valence-corrected chi connectivity index (χ3v) is 6.64. The maximum Gasteiger partial charge on any atom is 0.211 e. The third-order valence-electron chi connectivity index (χ3n) is 3.83. The van der Waals surface area contributed by atoms with E-state index in [4.69, 9.17) is 0 Å². The molecule has 1 aliphatic rings. The Hall–Kier alpha value is 0.220. The summed E-state index contributed by atoms with van der Waals surface area (Å²) in [7, 11) is -3.03. The zero-order valence-electron chi connectivity index (χ0n) is 14.0. The largest absolute Gasteiger partial charge is 0.313 e. The monoisotopic (exact) mass is 336 g/mol. The third kappa shape index (κ3) is 7.86. The lowest BCUT2D eigenvalue weighted by Crippen LogP contribution is -2.42. The molecule has 1 rings (SSSR count). The quantitative estimate of drug-likeness (QED) is 0.702. The van der Waals surface area contributed by atoms with Gasteiger partial charge in [0.25, 0.3) is 0 Å². The van der Waals surface area contributed by atoms with Gasteiger partial charge in [-0.15, -0.1) is 0 Å². The molecule has 0 aromatic rings. The van der Waals surface area contributed by atoms with Crippen molar-refractivity contribution in [1.29, 1.82) is 0 Å². The van der Waals surface area contributed by atoms with Gasteiger partial charge >= 0.3 is 0 Å². The molecule has 4 nitrogen and oxygen atoms in total. The topological polar surface area (TPSA) is 49.4 Å². The highest BCUT2D eigenvalue weighted by Gasteiger charge is 2.27. The fraction of sp³-hybridized carbons (Fsp3) is 1.00. The molecule has 21 heavy (non-hydrogen) atoms. The van der Waals surface area contributed by atoms with Gasteiger partial charge in [-0.2, -0.15) is 11.8 Å². The van der Waals surface area contributed by atoms with Gasteiger partial charge in [0.1, 0.15) is 0 Å². The summed E-state index contributed by atoms with van der Waals surface area (Å²) in [6.45, 7) is 9.03. The predicted octanol–water partition coefficient (Wildman–Crippen LogP) is 2.42. The van der Waals surface area contributed by atoms with E-state index in [0.717, 1.165) is 37.5 Å².